The molecule has 18 nitrogen and oxygen atoms in total. The van der Waals surface area contributed by atoms with Crippen LogP contribution >= 0.6 is 39.2 Å². The predicted octanol–water partition coefficient (Wildman–Crippen LogP) is 0.300. The number of aliphatic hydroxyl groups excluding tert-OH is 2. The standard InChI is InChI=1S/C21H25FN10O8P2S3/c22-9-13(40-42(43)44)7(39-19(9)31-4-27-10-15(23)25-3-26-16(10)31)2-37-41-38-6-36-14-12(34)8(1-33)45-20(14)32-5-28-11-17(32)29-21(24)30-18(11)35/h3-5,7-9,12-14,19-20,33-34,41H,1-2,6H2,(H5-,23,24,25,26,29,30,35,43,44)/p+1/t7-,8-,9+,12-,13?,14-,19-,20-/m1/s1. The van der Waals surface area contributed by atoms with E-state index >= 15 is 4.39 Å². The predicted molar refractivity (Wildman–Crippen MR) is 168 cm³/mol. The number of thiol groups is 1. The lowest BCUT2D eigenvalue weighted by Gasteiger charge is -2.23. The molecule has 0 aliphatic carbocycles. The van der Waals surface area contributed by atoms with Gasteiger partial charge in [0, 0.05) is 0 Å². The van der Waals surface area contributed by atoms with Crippen LogP contribution in [-0.4, -0.2) is 105 Å². The highest BCUT2D eigenvalue weighted by Crippen LogP contribution is 2.45. The second-order valence-corrected chi connectivity index (χ2v) is 15.4. The number of nitrogen functional groups attached to an aromatic ring is 2. The molecule has 4 aromatic rings. The summed E-state index contributed by atoms with van der Waals surface area (Å²) < 4.78 is 47.0. The molecule has 2 fully saturated rings. The molecular formula is C21H26FN10O8P2S3+. The molecule has 242 valence electrons. The van der Waals surface area contributed by atoms with E-state index in [2.05, 4.69) is 42.2 Å². The Morgan fingerprint density at radius 1 is 1.18 bits per heavy atom. The van der Waals surface area contributed by atoms with Crippen molar-refractivity contribution in [3.8, 4) is 0 Å². The Hall–Kier alpha value is -2.20. The van der Waals surface area contributed by atoms with Gasteiger partial charge in [-0.1, -0.05) is 0 Å². The normalized spacial score (nSPS) is 29.1. The maximum atomic E-state index is 15.6. The van der Waals surface area contributed by atoms with Crippen molar-refractivity contribution < 1.29 is 37.6 Å². The van der Waals surface area contributed by atoms with E-state index in [1.54, 1.807) is 4.57 Å². The average molecular weight is 724 g/mol. The van der Waals surface area contributed by atoms with Crippen LogP contribution in [0.15, 0.2) is 23.8 Å². The molecule has 4 aromatic heterocycles. The molecule has 45 heavy (non-hydrogen) atoms. The van der Waals surface area contributed by atoms with E-state index in [4.69, 9.17) is 46.3 Å². The maximum Gasteiger partial charge on any atom is 0.411 e. The summed E-state index contributed by atoms with van der Waals surface area (Å²) >= 11 is 10.4. The highest BCUT2D eigenvalue weighted by molar-refractivity contribution is 8.54. The summed E-state index contributed by atoms with van der Waals surface area (Å²) in [6, 6.07) is 0. The fourth-order valence-electron chi connectivity index (χ4n) is 5.04. The molecule has 0 bridgehead atoms. The number of H-pyrrole nitrogens is 1. The van der Waals surface area contributed by atoms with Crippen molar-refractivity contribution in [3.05, 3.63) is 29.3 Å². The van der Waals surface area contributed by atoms with Crippen molar-refractivity contribution in [1.82, 2.24) is 39.0 Å². The number of nitrogens with two attached hydrogens (primary N) is 2. The smallest absolute Gasteiger partial charge is 0.395 e. The van der Waals surface area contributed by atoms with E-state index in [0.29, 0.717) is 5.52 Å². The van der Waals surface area contributed by atoms with E-state index in [9.17, 15) is 15.0 Å². The first kappa shape index (κ1) is 32.7. The summed E-state index contributed by atoms with van der Waals surface area (Å²) in [5.41, 5.74) is 11.9. The fourth-order valence-corrected chi connectivity index (χ4v) is 7.99. The molecule has 24 heteroatoms. The molecule has 0 spiro atoms. The maximum absolute atomic E-state index is 15.6. The van der Waals surface area contributed by atoms with E-state index in [0.717, 1.165) is 0 Å². The number of thioether (sulfide) groups is 1. The highest BCUT2D eigenvalue weighted by Gasteiger charge is 2.51. The van der Waals surface area contributed by atoms with Crippen LogP contribution in [0.2, 0.25) is 0 Å². The Morgan fingerprint density at radius 2 is 1.96 bits per heavy atom. The zero-order chi connectivity index (χ0) is 31.8. The third-order valence-electron chi connectivity index (χ3n) is 7.04. The van der Waals surface area contributed by atoms with Gasteiger partial charge in [-0.25, -0.2) is 24.3 Å². The van der Waals surface area contributed by atoms with Gasteiger partial charge in [-0.05, 0) is 0 Å². The number of rotatable bonds is 12. The molecular weight excluding hydrogens is 697 g/mol. The van der Waals surface area contributed by atoms with Gasteiger partial charge in [-0.3, -0.25) is 18.9 Å². The van der Waals surface area contributed by atoms with Gasteiger partial charge in [0.05, 0.1) is 37.2 Å². The van der Waals surface area contributed by atoms with E-state index in [-0.39, 0.29) is 48.6 Å². The van der Waals surface area contributed by atoms with Gasteiger partial charge in [-0.15, -0.1) is 16.3 Å². The number of aromatic amines is 1. The number of nitrogens with zero attached hydrogens (tertiary/aromatic N) is 7. The quantitative estimate of drug-likeness (QED) is 0.0498. The topological polar surface area (TPSA) is 246 Å². The van der Waals surface area contributed by atoms with Crippen LogP contribution in [0.3, 0.4) is 0 Å². The Morgan fingerprint density at radius 3 is 2.73 bits per heavy atom. The number of aromatic nitrogens is 8. The summed E-state index contributed by atoms with van der Waals surface area (Å²) in [6.07, 6.45) is -4.47. The van der Waals surface area contributed by atoms with Gasteiger partial charge in [0.15, 0.2) is 57.0 Å². The Balaban J connectivity index is 1.07. The van der Waals surface area contributed by atoms with E-state index in [1.807, 2.05) is 0 Å². The molecule has 6 heterocycles. The number of halogens is 1. The minimum Gasteiger partial charge on any atom is -0.395 e. The first-order chi connectivity index (χ1) is 21.7. The van der Waals surface area contributed by atoms with Crippen LogP contribution in [-0.2, 0) is 34.9 Å². The highest BCUT2D eigenvalue weighted by atomic mass is 32.9. The van der Waals surface area contributed by atoms with Gasteiger partial charge in [0.1, 0.15) is 41.7 Å². The lowest BCUT2D eigenvalue weighted by atomic mass is 10.1. The number of hydrogen-bond donors (Lipinski definition) is 6. The van der Waals surface area contributed by atoms with Crippen molar-refractivity contribution in [2.75, 3.05) is 31.5 Å². The Labute approximate surface area is 269 Å². The molecule has 6 rings (SSSR count). The molecule has 0 aromatic carbocycles. The number of imidazole rings is 2. The van der Waals surface area contributed by atoms with Crippen molar-refractivity contribution in [2.24, 2.45) is 0 Å². The first-order valence-electron chi connectivity index (χ1n) is 13.0. The zero-order valence-corrected chi connectivity index (χ0v) is 27.1. The van der Waals surface area contributed by atoms with Crippen molar-refractivity contribution in [2.45, 2.75) is 47.4 Å². The molecule has 2 saturated heterocycles. The number of nitrogens with one attached hydrogen (secondary N) is 1. The Kier molecular flexibility index (Phi) is 10.1. The number of fused-ring (bicyclic) bond motifs is 2. The van der Waals surface area contributed by atoms with Crippen LogP contribution in [0.25, 0.3) is 22.3 Å². The van der Waals surface area contributed by atoms with Crippen LogP contribution < -0.4 is 17.0 Å². The molecule has 7 N–H and O–H groups in total. The number of anilines is 2. The van der Waals surface area contributed by atoms with Crippen LogP contribution in [0, 0.1) is 0 Å². The lowest BCUT2D eigenvalue weighted by Crippen LogP contribution is -2.35. The van der Waals surface area contributed by atoms with Crippen molar-refractivity contribution in [1.29, 1.82) is 0 Å². The fraction of sp³-hybridized carbons (Fsp3) is 0.524. The molecule has 2 aliphatic rings. The summed E-state index contributed by atoms with van der Waals surface area (Å²) in [5, 5.41) is 19.4. The Bertz CT molecular complexity index is 1750. The summed E-state index contributed by atoms with van der Waals surface area (Å²) in [4.78, 5) is 35.1. The number of alkyl halides is 1. The summed E-state index contributed by atoms with van der Waals surface area (Å²) in [7, 11) is -0.571. The van der Waals surface area contributed by atoms with Crippen molar-refractivity contribution >= 4 is 85.1 Å². The van der Waals surface area contributed by atoms with Crippen molar-refractivity contribution in [3.63, 3.8) is 0 Å². The largest absolute Gasteiger partial charge is 0.411 e. The van der Waals surface area contributed by atoms with Gasteiger partial charge >= 0.3 is 6.13 Å². The second-order valence-electron chi connectivity index (χ2n) is 9.70. The van der Waals surface area contributed by atoms with Crippen LogP contribution in [0.1, 0.15) is 11.6 Å². The number of ether oxygens (including phenoxy) is 2. The minimum atomic E-state index is -1.67. The first-order valence-corrected chi connectivity index (χ1v) is 18.2. The van der Waals surface area contributed by atoms with E-state index < -0.39 is 68.2 Å². The number of hydrogen-bond acceptors (Lipinski definition) is 17. The zero-order valence-electron chi connectivity index (χ0n) is 22.7. The third-order valence-corrected chi connectivity index (χ3v) is 10.1. The minimum absolute atomic E-state index is 0.0611. The van der Waals surface area contributed by atoms with Gasteiger partial charge in [0.25, 0.3) is 5.56 Å². The molecule has 0 amide bonds. The summed E-state index contributed by atoms with van der Waals surface area (Å²) in [5.74, 6) is 0.0393. The molecule has 0 radical (unpaired) electrons. The summed E-state index contributed by atoms with van der Waals surface area (Å²) in [6.45, 7) is -0.768. The monoisotopic (exact) mass is 723 g/mol. The molecule has 3 unspecified atom stereocenters. The van der Waals surface area contributed by atoms with Gasteiger partial charge < -0.3 is 40.2 Å². The van der Waals surface area contributed by atoms with Gasteiger partial charge in [-0.2, -0.15) is 4.98 Å². The second kappa shape index (κ2) is 13.9. The molecule has 2 aliphatic heterocycles. The SMILES string of the molecule is Nc1nc2c(ncn2[C@@H]2S[C@H](CO)[C@@H](O)[C@H]2OCOPOC[C@H]2O[C@@H](n3cnc4c(N)ncnc43)[C@@H](F)C2O[P+](=S)S)c(=O)[nH]1. The molecule has 10 atom stereocenters. The van der Waals surface area contributed by atoms with Crippen LogP contribution in [0.4, 0.5) is 16.2 Å². The molecule has 0 saturated carbocycles. The van der Waals surface area contributed by atoms with Gasteiger partial charge in [0.2, 0.25) is 17.8 Å². The van der Waals surface area contributed by atoms with E-state index in [1.165, 1.54) is 35.3 Å². The number of aliphatic hydroxyl groups is 2. The average Bonchev–Trinajstić information content (AvgIpc) is 3.76. The third kappa shape index (κ3) is 6.52. The van der Waals surface area contributed by atoms with Crippen LogP contribution in [0.5, 0.6) is 0 Å². The lowest BCUT2D eigenvalue weighted by molar-refractivity contribution is -0.0917.